The number of carbonyl (C=O) groups excluding carboxylic acids is 1. The average molecular weight is 305 g/mol. The first-order valence-corrected chi connectivity index (χ1v) is 6.53. The van der Waals surface area contributed by atoms with E-state index < -0.39 is 47.0 Å². The molecule has 116 valence electrons. The molecule has 0 bridgehead atoms. The Morgan fingerprint density at radius 3 is 2.48 bits per heavy atom. The number of allylic oxidation sites excluding steroid dienone is 4. The first-order chi connectivity index (χ1) is 9.83. The van der Waals surface area contributed by atoms with Gasteiger partial charge in [0.05, 0.1) is 18.9 Å². The molecule has 0 N–H and O–H groups in total. The van der Waals surface area contributed by atoms with Gasteiger partial charge in [-0.1, -0.05) is 13.3 Å². The van der Waals surface area contributed by atoms with E-state index in [0.29, 0.717) is 0 Å². The van der Waals surface area contributed by atoms with Crippen LogP contribution in [0.5, 0.6) is 0 Å². The number of hydrogen-bond donors (Lipinski definition) is 0. The lowest BCUT2D eigenvalue weighted by Crippen LogP contribution is -2.38. The maximum absolute atomic E-state index is 14.5. The third-order valence-corrected chi connectivity index (χ3v) is 3.18. The molecule has 0 aromatic rings. The van der Waals surface area contributed by atoms with Crippen LogP contribution < -0.4 is 0 Å². The van der Waals surface area contributed by atoms with E-state index >= 15 is 0 Å². The Morgan fingerprint density at radius 1 is 1.38 bits per heavy atom. The van der Waals surface area contributed by atoms with Crippen LogP contribution in [0.4, 0.5) is 17.6 Å². The number of halogens is 4. The summed E-state index contributed by atoms with van der Waals surface area (Å²) in [5.74, 6) is -8.04. The third kappa shape index (κ3) is 3.09. The van der Waals surface area contributed by atoms with Crippen LogP contribution >= 0.6 is 0 Å². The number of hydrogen-bond acceptors (Lipinski definition) is 3. The van der Waals surface area contributed by atoms with Gasteiger partial charge in [-0.3, -0.25) is 4.79 Å². The van der Waals surface area contributed by atoms with Gasteiger partial charge in [0.25, 0.3) is 5.67 Å². The fraction of sp³-hybridized carbons (Fsp3) is 0.571. The molecule has 1 rings (SSSR count). The molecule has 2 unspecified atom stereocenters. The van der Waals surface area contributed by atoms with E-state index in [9.17, 15) is 22.4 Å². The highest BCUT2D eigenvalue weighted by atomic mass is 19.2. The van der Waals surface area contributed by atoms with Crippen molar-refractivity contribution in [1.29, 1.82) is 5.26 Å². The first-order valence-electron chi connectivity index (χ1n) is 6.53. The molecule has 1 aliphatic carbocycles. The zero-order valence-corrected chi connectivity index (χ0v) is 11.7. The lowest BCUT2D eigenvalue weighted by Gasteiger charge is -2.30. The largest absolute Gasteiger partial charge is 0.466 e. The molecule has 21 heavy (non-hydrogen) atoms. The molecule has 0 aliphatic heterocycles. The quantitative estimate of drug-likeness (QED) is 0.570. The van der Waals surface area contributed by atoms with E-state index in [-0.39, 0.29) is 19.4 Å². The van der Waals surface area contributed by atoms with Gasteiger partial charge in [0.15, 0.2) is 11.7 Å². The second kappa shape index (κ2) is 6.74. The molecule has 1 aliphatic rings. The molecule has 0 radical (unpaired) electrons. The number of esters is 1. The molecule has 0 heterocycles. The Bertz CT molecular complexity index is 536. The van der Waals surface area contributed by atoms with Crippen LogP contribution in [0.3, 0.4) is 0 Å². The molecule has 0 fully saturated rings. The lowest BCUT2D eigenvalue weighted by atomic mass is 9.78. The Labute approximate surface area is 119 Å². The van der Waals surface area contributed by atoms with Crippen LogP contribution in [-0.2, 0) is 9.53 Å². The Kier molecular flexibility index (Phi) is 5.53. The maximum atomic E-state index is 14.5. The standard InChI is InChI=1S/C14H15F4NO2/c1-3-5-8-11(15)12(16)9(6-10(20)21-4-2)14(18,7-19)13(8)17/h9H,3-6H2,1-2H3. The van der Waals surface area contributed by atoms with E-state index in [0.717, 1.165) is 6.07 Å². The Hall–Kier alpha value is -1.84. The molecule has 0 spiro atoms. The van der Waals surface area contributed by atoms with Crippen LogP contribution in [0.25, 0.3) is 0 Å². The first kappa shape index (κ1) is 17.2. The summed E-state index contributed by atoms with van der Waals surface area (Å²) in [6.07, 6.45) is -0.956. The van der Waals surface area contributed by atoms with Gasteiger partial charge >= 0.3 is 5.97 Å². The molecule has 0 saturated heterocycles. The van der Waals surface area contributed by atoms with Gasteiger partial charge in [-0.25, -0.2) is 17.6 Å². The highest BCUT2D eigenvalue weighted by molar-refractivity contribution is 5.71. The van der Waals surface area contributed by atoms with Crippen molar-refractivity contribution in [3.8, 4) is 6.07 Å². The number of nitrogens with zero attached hydrogens (tertiary/aromatic N) is 1. The van der Waals surface area contributed by atoms with Gasteiger partial charge in [-0.05, 0) is 13.3 Å². The Morgan fingerprint density at radius 2 is 2.00 bits per heavy atom. The number of carbonyl (C=O) groups is 1. The lowest BCUT2D eigenvalue weighted by molar-refractivity contribution is -0.145. The second-order valence-electron chi connectivity index (χ2n) is 4.59. The molecule has 0 aromatic heterocycles. The topological polar surface area (TPSA) is 50.1 Å². The maximum Gasteiger partial charge on any atom is 0.306 e. The summed E-state index contributed by atoms with van der Waals surface area (Å²) in [6.45, 7) is 2.99. The summed E-state index contributed by atoms with van der Waals surface area (Å²) in [5, 5.41) is 8.86. The predicted octanol–water partition coefficient (Wildman–Crippen LogP) is 3.98. The molecular formula is C14H15F4NO2. The molecule has 0 saturated carbocycles. The van der Waals surface area contributed by atoms with Crippen molar-refractivity contribution in [3.05, 3.63) is 23.1 Å². The summed E-state index contributed by atoms with van der Waals surface area (Å²) in [4.78, 5) is 11.3. The van der Waals surface area contributed by atoms with Crippen molar-refractivity contribution < 1.29 is 27.1 Å². The fourth-order valence-electron chi connectivity index (χ4n) is 2.15. The second-order valence-corrected chi connectivity index (χ2v) is 4.59. The average Bonchev–Trinajstić information content (AvgIpc) is 2.46. The summed E-state index contributed by atoms with van der Waals surface area (Å²) < 4.78 is 60.9. The summed E-state index contributed by atoms with van der Waals surface area (Å²) in [6, 6.07) is 1.02. The van der Waals surface area contributed by atoms with Gasteiger partial charge in [-0.2, -0.15) is 5.26 Å². The van der Waals surface area contributed by atoms with Crippen LogP contribution in [0, 0.1) is 17.2 Å². The van der Waals surface area contributed by atoms with Gasteiger partial charge in [0.1, 0.15) is 11.9 Å². The van der Waals surface area contributed by atoms with E-state index in [2.05, 4.69) is 4.74 Å². The fourth-order valence-corrected chi connectivity index (χ4v) is 2.15. The molecule has 0 aromatic carbocycles. The summed E-state index contributed by atoms with van der Waals surface area (Å²) in [5.41, 5.74) is -4.20. The van der Waals surface area contributed by atoms with E-state index in [1.807, 2.05) is 0 Å². The zero-order valence-electron chi connectivity index (χ0n) is 11.7. The smallest absolute Gasteiger partial charge is 0.306 e. The minimum atomic E-state index is -3.41. The van der Waals surface area contributed by atoms with Crippen LogP contribution in [0.15, 0.2) is 23.1 Å². The molecule has 0 amide bonds. The van der Waals surface area contributed by atoms with Crippen molar-refractivity contribution >= 4 is 5.97 Å². The molecule has 7 heteroatoms. The molecule has 2 atom stereocenters. The van der Waals surface area contributed by atoms with Crippen molar-refractivity contribution in [2.45, 2.75) is 38.8 Å². The zero-order chi connectivity index (χ0) is 16.2. The Balaban J connectivity index is 3.28. The van der Waals surface area contributed by atoms with Gasteiger partial charge in [0.2, 0.25) is 0 Å². The molecular weight excluding hydrogens is 290 g/mol. The third-order valence-electron chi connectivity index (χ3n) is 3.18. The van der Waals surface area contributed by atoms with Crippen molar-refractivity contribution in [3.63, 3.8) is 0 Å². The number of rotatable bonds is 5. The highest BCUT2D eigenvalue weighted by Gasteiger charge is 2.53. The monoisotopic (exact) mass is 305 g/mol. The minimum absolute atomic E-state index is 0.0510. The minimum Gasteiger partial charge on any atom is -0.466 e. The normalized spacial score (nSPS) is 25.9. The number of alkyl halides is 1. The van der Waals surface area contributed by atoms with Crippen LogP contribution in [0.1, 0.15) is 33.1 Å². The predicted molar refractivity (Wildman–Crippen MR) is 66.5 cm³/mol. The van der Waals surface area contributed by atoms with E-state index in [1.54, 1.807) is 6.92 Å². The molecule has 3 nitrogen and oxygen atoms in total. The van der Waals surface area contributed by atoms with Crippen molar-refractivity contribution in [2.24, 2.45) is 5.92 Å². The van der Waals surface area contributed by atoms with Crippen molar-refractivity contribution in [2.75, 3.05) is 6.61 Å². The number of nitriles is 1. The van der Waals surface area contributed by atoms with Crippen LogP contribution in [-0.4, -0.2) is 18.2 Å². The summed E-state index contributed by atoms with van der Waals surface area (Å²) >= 11 is 0. The highest BCUT2D eigenvalue weighted by Crippen LogP contribution is 2.48. The van der Waals surface area contributed by atoms with Gasteiger partial charge in [0, 0.05) is 5.57 Å². The summed E-state index contributed by atoms with van der Waals surface area (Å²) in [7, 11) is 0. The van der Waals surface area contributed by atoms with E-state index in [1.165, 1.54) is 6.92 Å². The van der Waals surface area contributed by atoms with Gasteiger partial charge < -0.3 is 4.74 Å². The van der Waals surface area contributed by atoms with Crippen molar-refractivity contribution in [1.82, 2.24) is 0 Å². The van der Waals surface area contributed by atoms with Gasteiger partial charge in [-0.15, -0.1) is 0 Å². The van der Waals surface area contributed by atoms with Crippen LogP contribution in [0.2, 0.25) is 0 Å². The van der Waals surface area contributed by atoms with E-state index in [4.69, 9.17) is 5.26 Å². The SMILES string of the molecule is CCCC1=C(F)C(F)(C#N)C(CC(=O)OCC)C(F)=C1F. The number of ether oxygens (including phenoxy) is 1.